The summed E-state index contributed by atoms with van der Waals surface area (Å²) in [6.07, 6.45) is -4.45. The van der Waals surface area contributed by atoms with Gasteiger partial charge in [0.05, 0.1) is 30.4 Å². The van der Waals surface area contributed by atoms with Crippen molar-refractivity contribution in [3.8, 4) is 0 Å². The summed E-state index contributed by atoms with van der Waals surface area (Å²) in [7, 11) is 0. The number of anilines is 2. The van der Waals surface area contributed by atoms with E-state index in [9.17, 15) is 18.0 Å². The summed E-state index contributed by atoms with van der Waals surface area (Å²) >= 11 is 5.85. The van der Waals surface area contributed by atoms with E-state index in [2.05, 4.69) is 5.32 Å². The van der Waals surface area contributed by atoms with E-state index in [1.54, 1.807) is 0 Å². The number of halogens is 4. The summed E-state index contributed by atoms with van der Waals surface area (Å²) in [6.45, 7) is -2.54. The van der Waals surface area contributed by atoms with Crippen molar-refractivity contribution in [1.29, 1.82) is 0 Å². The molecule has 4 N–H and O–H groups in total. The van der Waals surface area contributed by atoms with Crippen LogP contribution in [0.1, 0.15) is 0 Å². The first-order valence-electron chi connectivity index (χ1n) is 5.96. The van der Waals surface area contributed by atoms with Crippen LogP contribution in [0.4, 0.5) is 24.5 Å². The third kappa shape index (κ3) is 6.65. The molecule has 0 saturated carbocycles. The molecule has 0 aliphatic heterocycles. The van der Waals surface area contributed by atoms with E-state index >= 15 is 0 Å². The fourth-order valence-electron chi connectivity index (χ4n) is 1.63. The van der Waals surface area contributed by atoms with Gasteiger partial charge < -0.3 is 16.2 Å². The van der Waals surface area contributed by atoms with E-state index in [1.165, 1.54) is 18.2 Å². The topological polar surface area (TPSA) is 78.6 Å². The SMILES string of the molecule is Nc1ccc(NC(=O)CN(CCO)CC(F)(F)F)c(Cl)c1. The van der Waals surface area contributed by atoms with Gasteiger partial charge in [0.15, 0.2) is 0 Å². The first-order chi connectivity index (χ1) is 9.71. The van der Waals surface area contributed by atoms with Crippen molar-refractivity contribution in [2.45, 2.75) is 6.18 Å². The standard InChI is InChI=1S/C12H15ClF3N3O2/c13-9-5-8(17)1-2-10(9)18-11(21)6-19(3-4-20)7-12(14,15)16/h1-2,5,20H,3-4,6-7,17H2,(H,18,21). The minimum absolute atomic E-state index is 0.188. The van der Waals surface area contributed by atoms with Crippen molar-refractivity contribution in [1.82, 2.24) is 4.90 Å². The minimum atomic E-state index is -4.45. The third-order valence-electron chi connectivity index (χ3n) is 2.45. The number of rotatable bonds is 6. The second kappa shape index (κ2) is 7.48. The molecule has 5 nitrogen and oxygen atoms in total. The van der Waals surface area contributed by atoms with Gasteiger partial charge in [0.2, 0.25) is 5.91 Å². The maximum atomic E-state index is 12.3. The Morgan fingerprint density at radius 3 is 2.62 bits per heavy atom. The largest absolute Gasteiger partial charge is 0.401 e. The van der Waals surface area contributed by atoms with Gasteiger partial charge in [-0.15, -0.1) is 0 Å². The highest BCUT2D eigenvalue weighted by molar-refractivity contribution is 6.34. The molecule has 0 aliphatic rings. The van der Waals surface area contributed by atoms with Gasteiger partial charge in [-0.05, 0) is 18.2 Å². The number of hydrogen-bond acceptors (Lipinski definition) is 4. The number of nitrogens with two attached hydrogens (primary N) is 1. The van der Waals surface area contributed by atoms with E-state index in [-0.39, 0.29) is 17.3 Å². The summed E-state index contributed by atoms with van der Waals surface area (Å²) in [5, 5.41) is 11.3. The second-order valence-electron chi connectivity index (χ2n) is 4.34. The second-order valence-corrected chi connectivity index (χ2v) is 4.74. The van der Waals surface area contributed by atoms with Crippen molar-refractivity contribution in [2.24, 2.45) is 0 Å². The van der Waals surface area contributed by atoms with E-state index in [0.29, 0.717) is 5.69 Å². The molecule has 0 unspecified atom stereocenters. The highest BCUT2D eigenvalue weighted by Gasteiger charge is 2.31. The van der Waals surface area contributed by atoms with Crippen LogP contribution in [0.25, 0.3) is 0 Å². The first-order valence-corrected chi connectivity index (χ1v) is 6.34. The highest BCUT2D eigenvalue weighted by atomic mass is 35.5. The molecule has 0 saturated heterocycles. The predicted octanol–water partition coefficient (Wildman–Crippen LogP) is 1.72. The number of amides is 1. The Balaban J connectivity index is 2.65. The zero-order valence-corrected chi connectivity index (χ0v) is 11.7. The molecule has 0 fully saturated rings. The molecule has 1 aromatic rings. The Hall–Kier alpha value is -1.51. The third-order valence-corrected chi connectivity index (χ3v) is 2.77. The molecule has 0 aliphatic carbocycles. The van der Waals surface area contributed by atoms with Crippen molar-refractivity contribution in [3.63, 3.8) is 0 Å². The number of nitrogen functional groups attached to an aromatic ring is 1. The fourth-order valence-corrected chi connectivity index (χ4v) is 1.87. The summed E-state index contributed by atoms with van der Waals surface area (Å²) in [6, 6.07) is 4.37. The summed E-state index contributed by atoms with van der Waals surface area (Å²) < 4.78 is 37.0. The van der Waals surface area contributed by atoms with Crippen molar-refractivity contribution in [2.75, 3.05) is 37.3 Å². The van der Waals surface area contributed by atoms with Gasteiger partial charge in [-0.3, -0.25) is 9.69 Å². The highest BCUT2D eigenvalue weighted by Crippen LogP contribution is 2.24. The fraction of sp³-hybridized carbons (Fsp3) is 0.417. The molecular formula is C12H15ClF3N3O2. The molecule has 0 spiro atoms. The molecule has 1 rings (SSSR count). The van der Waals surface area contributed by atoms with Crippen LogP contribution in [0.15, 0.2) is 18.2 Å². The lowest BCUT2D eigenvalue weighted by Gasteiger charge is -2.22. The predicted molar refractivity (Wildman–Crippen MR) is 74.1 cm³/mol. The van der Waals surface area contributed by atoms with Gasteiger partial charge in [0, 0.05) is 12.2 Å². The molecule has 0 radical (unpaired) electrons. The number of nitrogens with one attached hydrogen (secondary N) is 1. The Labute approximate surface area is 124 Å². The number of aliphatic hydroxyl groups is 1. The van der Waals surface area contributed by atoms with Crippen molar-refractivity contribution >= 4 is 28.9 Å². The normalized spacial score (nSPS) is 11.7. The minimum Gasteiger partial charge on any atom is -0.399 e. The summed E-state index contributed by atoms with van der Waals surface area (Å²) in [5.74, 6) is -0.667. The zero-order chi connectivity index (χ0) is 16.0. The van der Waals surface area contributed by atoms with Gasteiger partial charge in [0.25, 0.3) is 0 Å². The lowest BCUT2D eigenvalue weighted by Crippen LogP contribution is -2.41. The average Bonchev–Trinajstić information content (AvgIpc) is 2.31. The van der Waals surface area contributed by atoms with Crippen LogP contribution in [0, 0.1) is 0 Å². The van der Waals surface area contributed by atoms with Crippen LogP contribution in [-0.2, 0) is 4.79 Å². The summed E-state index contributed by atoms with van der Waals surface area (Å²) in [4.78, 5) is 12.5. The molecule has 0 bridgehead atoms. The maximum Gasteiger partial charge on any atom is 0.401 e. The molecule has 0 heterocycles. The lowest BCUT2D eigenvalue weighted by atomic mass is 10.3. The quantitative estimate of drug-likeness (QED) is 0.696. The lowest BCUT2D eigenvalue weighted by molar-refractivity contribution is -0.148. The number of nitrogens with zero attached hydrogens (tertiary/aromatic N) is 1. The van der Waals surface area contributed by atoms with E-state index in [4.69, 9.17) is 22.4 Å². The van der Waals surface area contributed by atoms with Crippen LogP contribution in [0.2, 0.25) is 5.02 Å². The molecule has 21 heavy (non-hydrogen) atoms. The van der Waals surface area contributed by atoms with E-state index in [0.717, 1.165) is 4.90 Å². The molecule has 1 amide bonds. The number of hydrogen-bond donors (Lipinski definition) is 3. The van der Waals surface area contributed by atoms with E-state index < -0.39 is 31.8 Å². The Kier molecular flexibility index (Phi) is 6.25. The number of carbonyl (C=O) groups excluding carboxylic acids is 1. The maximum absolute atomic E-state index is 12.3. The van der Waals surface area contributed by atoms with Gasteiger partial charge >= 0.3 is 6.18 Å². The van der Waals surface area contributed by atoms with Crippen LogP contribution >= 0.6 is 11.6 Å². The van der Waals surface area contributed by atoms with Gasteiger partial charge in [-0.25, -0.2) is 0 Å². The Morgan fingerprint density at radius 1 is 1.43 bits per heavy atom. The molecular weight excluding hydrogens is 311 g/mol. The first kappa shape index (κ1) is 17.5. The monoisotopic (exact) mass is 325 g/mol. The molecule has 0 aromatic heterocycles. The molecule has 0 atom stereocenters. The Bertz CT molecular complexity index is 497. The van der Waals surface area contributed by atoms with Gasteiger partial charge in [-0.1, -0.05) is 11.6 Å². The number of benzene rings is 1. The Morgan fingerprint density at radius 2 is 2.10 bits per heavy atom. The number of alkyl halides is 3. The van der Waals surface area contributed by atoms with Crippen molar-refractivity contribution < 1.29 is 23.1 Å². The molecule has 118 valence electrons. The zero-order valence-electron chi connectivity index (χ0n) is 11.0. The van der Waals surface area contributed by atoms with Gasteiger partial charge in [0.1, 0.15) is 0 Å². The van der Waals surface area contributed by atoms with Crippen LogP contribution in [0.3, 0.4) is 0 Å². The van der Waals surface area contributed by atoms with Crippen LogP contribution < -0.4 is 11.1 Å². The number of aliphatic hydroxyl groups excluding tert-OH is 1. The van der Waals surface area contributed by atoms with E-state index in [1.807, 2.05) is 0 Å². The summed E-state index contributed by atoms with van der Waals surface area (Å²) in [5.41, 5.74) is 6.15. The smallest absolute Gasteiger partial charge is 0.399 e. The molecule has 9 heteroatoms. The average molecular weight is 326 g/mol. The number of carbonyl (C=O) groups is 1. The molecule has 1 aromatic carbocycles. The van der Waals surface area contributed by atoms with Crippen LogP contribution in [0.5, 0.6) is 0 Å². The van der Waals surface area contributed by atoms with Crippen LogP contribution in [-0.4, -0.2) is 48.3 Å². The van der Waals surface area contributed by atoms with Crippen molar-refractivity contribution in [3.05, 3.63) is 23.2 Å². The van der Waals surface area contributed by atoms with Gasteiger partial charge in [-0.2, -0.15) is 13.2 Å².